The largest absolute Gasteiger partial charge is 0.387 e. The van der Waals surface area contributed by atoms with Crippen LogP contribution in [0.15, 0.2) is 24.8 Å². The number of carbonyl (C=O) groups excluding carboxylic acids is 1. The zero-order valence-corrected chi connectivity index (χ0v) is 8.61. The minimum Gasteiger partial charge on any atom is -0.387 e. The Morgan fingerprint density at radius 2 is 2.19 bits per heavy atom. The minimum atomic E-state index is -0.743. The molecule has 0 aliphatic heterocycles. The Balaban J connectivity index is 2.50. The lowest BCUT2D eigenvalue weighted by Crippen LogP contribution is -2.07. The van der Waals surface area contributed by atoms with Gasteiger partial charge in [-0.3, -0.25) is 9.78 Å². The third kappa shape index (κ3) is 1.82. The summed E-state index contributed by atoms with van der Waals surface area (Å²) in [6.07, 6.45) is 5.91. The quantitative estimate of drug-likeness (QED) is 0.760. The fraction of sp³-hybridized carbons (Fsp3) is 0.200. The first-order valence-corrected chi connectivity index (χ1v) is 4.71. The Hall–Kier alpha value is -2.08. The molecule has 0 saturated carbocycles. The molecule has 0 amide bonds. The molecular formula is C10H10N4O2. The third-order valence-corrected chi connectivity index (χ3v) is 2.06. The van der Waals surface area contributed by atoms with Crippen LogP contribution in [0.2, 0.25) is 0 Å². The van der Waals surface area contributed by atoms with Crippen LogP contribution in [0, 0.1) is 0 Å². The number of aliphatic hydroxyl groups is 1. The Morgan fingerprint density at radius 3 is 2.81 bits per heavy atom. The van der Waals surface area contributed by atoms with Crippen LogP contribution in [0.1, 0.15) is 29.1 Å². The molecule has 2 aromatic heterocycles. The molecule has 16 heavy (non-hydrogen) atoms. The van der Waals surface area contributed by atoms with Crippen molar-refractivity contribution in [2.75, 3.05) is 0 Å². The van der Waals surface area contributed by atoms with E-state index in [0.29, 0.717) is 23.4 Å². The summed E-state index contributed by atoms with van der Waals surface area (Å²) in [6, 6.07) is 0. The Morgan fingerprint density at radius 1 is 1.44 bits per heavy atom. The molecule has 6 heteroatoms. The molecule has 1 N–H and O–H groups in total. The van der Waals surface area contributed by atoms with Crippen LogP contribution in [-0.4, -0.2) is 31.1 Å². The summed E-state index contributed by atoms with van der Waals surface area (Å²) < 4.78 is 1.42. The molecule has 0 spiro atoms. The van der Waals surface area contributed by atoms with Gasteiger partial charge in [-0.25, -0.2) is 9.67 Å². The first-order valence-electron chi connectivity index (χ1n) is 4.71. The number of aliphatic hydroxyl groups excluding tert-OH is 1. The zero-order chi connectivity index (χ0) is 11.5. The van der Waals surface area contributed by atoms with Crippen molar-refractivity contribution in [2.24, 2.45) is 0 Å². The van der Waals surface area contributed by atoms with E-state index in [4.69, 9.17) is 0 Å². The fourth-order valence-corrected chi connectivity index (χ4v) is 1.33. The van der Waals surface area contributed by atoms with Gasteiger partial charge in [0.25, 0.3) is 0 Å². The first kappa shape index (κ1) is 10.4. The first-order chi connectivity index (χ1) is 7.72. The second-order valence-corrected chi connectivity index (χ2v) is 3.28. The number of carbonyl (C=O) groups is 1. The molecule has 2 heterocycles. The average Bonchev–Trinajstić information content (AvgIpc) is 2.77. The van der Waals surface area contributed by atoms with Gasteiger partial charge in [0.15, 0.2) is 12.1 Å². The normalized spacial score (nSPS) is 12.4. The molecule has 0 aromatic carbocycles. The maximum Gasteiger partial charge on any atom is 0.177 e. The van der Waals surface area contributed by atoms with Gasteiger partial charge >= 0.3 is 0 Å². The molecular weight excluding hydrogens is 208 g/mol. The Labute approximate surface area is 91.6 Å². The lowest BCUT2D eigenvalue weighted by molar-refractivity contribution is 0.112. The van der Waals surface area contributed by atoms with Crippen molar-refractivity contribution in [3.05, 3.63) is 36.0 Å². The molecule has 0 aliphatic rings. The van der Waals surface area contributed by atoms with E-state index in [2.05, 4.69) is 15.1 Å². The van der Waals surface area contributed by atoms with Crippen molar-refractivity contribution in [1.29, 1.82) is 0 Å². The highest BCUT2D eigenvalue weighted by molar-refractivity contribution is 5.73. The smallest absolute Gasteiger partial charge is 0.177 e. The summed E-state index contributed by atoms with van der Waals surface area (Å²) in [4.78, 5) is 18.6. The van der Waals surface area contributed by atoms with Crippen molar-refractivity contribution in [2.45, 2.75) is 13.0 Å². The van der Waals surface area contributed by atoms with Gasteiger partial charge in [0.2, 0.25) is 0 Å². The van der Waals surface area contributed by atoms with Gasteiger partial charge in [0.1, 0.15) is 5.69 Å². The number of aromatic nitrogens is 4. The maximum absolute atomic E-state index is 10.5. The van der Waals surface area contributed by atoms with Crippen LogP contribution >= 0.6 is 0 Å². The molecule has 2 rings (SSSR count). The predicted octanol–water partition coefficient (Wildman–Crippen LogP) is 0.528. The molecule has 1 atom stereocenters. The van der Waals surface area contributed by atoms with Gasteiger partial charge in [0, 0.05) is 18.6 Å². The highest BCUT2D eigenvalue weighted by Gasteiger charge is 2.12. The standard InChI is InChI=1S/C10H10N4O2/c1-7(16)9-10(12-3-2-11-9)14-5-8(6-15)4-13-14/h2-7,16H,1H3. The summed E-state index contributed by atoms with van der Waals surface area (Å²) in [5, 5.41) is 13.5. The van der Waals surface area contributed by atoms with Gasteiger partial charge in [-0.1, -0.05) is 0 Å². The third-order valence-electron chi connectivity index (χ3n) is 2.06. The molecule has 6 nitrogen and oxygen atoms in total. The fourth-order valence-electron chi connectivity index (χ4n) is 1.33. The van der Waals surface area contributed by atoms with Crippen LogP contribution in [0.5, 0.6) is 0 Å². The van der Waals surface area contributed by atoms with Crippen LogP contribution in [0.25, 0.3) is 5.82 Å². The Kier molecular flexibility index (Phi) is 2.74. The van der Waals surface area contributed by atoms with Gasteiger partial charge < -0.3 is 5.11 Å². The summed E-state index contributed by atoms with van der Waals surface area (Å²) in [5.74, 6) is 0.422. The van der Waals surface area contributed by atoms with E-state index in [0.717, 1.165) is 0 Å². The molecule has 0 radical (unpaired) electrons. The molecule has 0 saturated heterocycles. The monoisotopic (exact) mass is 218 g/mol. The van der Waals surface area contributed by atoms with E-state index >= 15 is 0 Å². The molecule has 0 aliphatic carbocycles. The van der Waals surface area contributed by atoms with E-state index in [1.807, 2.05) is 0 Å². The average molecular weight is 218 g/mol. The predicted molar refractivity (Wildman–Crippen MR) is 55.2 cm³/mol. The van der Waals surface area contributed by atoms with Gasteiger partial charge in [-0.2, -0.15) is 5.10 Å². The second-order valence-electron chi connectivity index (χ2n) is 3.28. The van der Waals surface area contributed by atoms with E-state index in [-0.39, 0.29) is 0 Å². The van der Waals surface area contributed by atoms with Crippen molar-refractivity contribution in [3.8, 4) is 5.82 Å². The minimum absolute atomic E-state index is 0.419. The molecule has 1 unspecified atom stereocenters. The summed E-state index contributed by atoms with van der Waals surface area (Å²) in [5.41, 5.74) is 0.866. The summed E-state index contributed by atoms with van der Waals surface area (Å²) >= 11 is 0. The highest BCUT2D eigenvalue weighted by atomic mass is 16.3. The summed E-state index contributed by atoms with van der Waals surface area (Å²) in [7, 11) is 0. The van der Waals surface area contributed by atoms with Crippen molar-refractivity contribution in [1.82, 2.24) is 19.7 Å². The van der Waals surface area contributed by atoms with Crippen LogP contribution in [0.3, 0.4) is 0 Å². The van der Waals surface area contributed by atoms with Gasteiger partial charge in [0.05, 0.1) is 17.9 Å². The van der Waals surface area contributed by atoms with Gasteiger partial charge in [-0.15, -0.1) is 0 Å². The zero-order valence-electron chi connectivity index (χ0n) is 8.61. The van der Waals surface area contributed by atoms with Crippen LogP contribution < -0.4 is 0 Å². The number of hydrogen-bond donors (Lipinski definition) is 1. The van der Waals surface area contributed by atoms with E-state index < -0.39 is 6.10 Å². The highest BCUT2D eigenvalue weighted by Crippen LogP contribution is 2.15. The van der Waals surface area contributed by atoms with Crippen molar-refractivity contribution < 1.29 is 9.90 Å². The second kappa shape index (κ2) is 4.19. The topological polar surface area (TPSA) is 80.9 Å². The Bertz CT molecular complexity index is 507. The van der Waals surface area contributed by atoms with E-state index in [1.54, 1.807) is 6.92 Å². The lowest BCUT2D eigenvalue weighted by atomic mass is 10.3. The maximum atomic E-state index is 10.5. The lowest BCUT2D eigenvalue weighted by Gasteiger charge is -2.08. The molecule has 2 aromatic rings. The molecule has 82 valence electrons. The van der Waals surface area contributed by atoms with E-state index in [9.17, 15) is 9.90 Å². The molecule has 0 bridgehead atoms. The summed E-state index contributed by atoms with van der Waals surface area (Å²) in [6.45, 7) is 1.59. The SMILES string of the molecule is CC(O)c1nccnc1-n1cc(C=O)cn1. The number of hydrogen-bond acceptors (Lipinski definition) is 5. The van der Waals surface area contributed by atoms with Gasteiger partial charge in [-0.05, 0) is 6.92 Å². The van der Waals surface area contributed by atoms with Crippen molar-refractivity contribution >= 4 is 6.29 Å². The van der Waals surface area contributed by atoms with Crippen LogP contribution in [0.4, 0.5) is 0 Å². The molecule has 0 fully saturated rings. The number of rotatable bonds is 3. The number of aldehydes is 1. The van der Waals surface area contributed by atoms with Crippen molar-refractivity contribution in [3.63, 3.8) is 0 Å². The van der Waals surface area contributed by atoms with Crippen LogP contribution in [-0.2, 0) is 0 Å². The number of nitrogens with zero attached hydrogens (tertiary/aromatic N) is 4. The van der Waals surface area contributed by atoms with E-state index in [1.165, 1.54) is 29.5 Å².